The summed E-state index contributed by atoms with van der Waals surface area (Å²) >= 11 is 0. The van der Waals surface area contributed by atoms with Crippen molar-refractivity contribution in [3.05, 3.63) is 77.6 Å². The van der Waals surface area contributed by atoms with Crippen LogP contribution in [0.5, 0.6) is 0 Å². The summed E-state index contributed by atoms with van der Waals surface area (Å²) in [5, 5.41) is 4.62. The molecule has 5 nitrogen and oxygen atoms in total. The first-order chi connectivity index (χ1) is 13.2. The van der Waals surface area contributed by atoms with Gasteiger partial charge in [-0.05, 0) is 44.7 Å². The minimum Gasteiger partial charge on any atom is -0.444 e. The number of rotatable bonds is 4. The molecule has 0 fully saturated rings. The van der Waals surface area contributed by atoms with E-state index in [2.05, 4.69) is 10.3 Å². The van der Waals surface area contributed by atoms with Crippen LogP contribution < -0.4 is 5.32 Å². The van der Waals surface area contributed by atoms with Crippen molar-refractivity contribution >= 4 is 22.6 Å². The first-order valence-corrected chi connectivity index (χ1v) is 9.21. The number of ether oxygens (including phenoxy) is 1. The molecule has 0 saturated carbocycles. The van der Waals surface area contributed by atoms with Crippen LogP contribution in [-0.4, -0.2) is 22.5 Å². The van der Waals surface area contributed by atoms with Crippen molar-refractivity contribution < 1.29 is 14.3 Å². The van der Waals surface area contributed by atoms with E-state index in [-0.39, 0.29) is 11.8 Å². The van der Waals surface area contributed by atoms with E-state index in [4.69, 9.17) is 4.74 Å². The van der Waals surface area contributed by atoms with Crippen molar-refractivity contribution in [1.82, 2.24) is 10.3 Å². The molecule has 0 spiro atoms. The molecule has 0 aliphatic heterocycles. The number of benzene rings is 2. The summed E-state index contributed by atoms with van der Waals surface area (Å²) in [6.07, 6.45) is 2.97. The van der Waals surface area contributed by atoms with Gasteiger partial charge in [0.05, 0.1) is 6.04 Å². The summed E-state index contributed by atoms with van der Waals surface area (Å²) in [6, 6.07) is 14.5. The molecule has 0 aliphatic carbocycles. The third kappa shape index (κ3) is 4.55. The van der Waals surface area contributed by atoms with Gasteiger partial charge in [0.15, 0.2) is 5.78 Å². The van der Waals surface area contributed by atoms with Gasteiger partial charge in [0, 0.05) is 28.9 Å². The molecular weight excluding hydrogens is 352 g/mol. The fraction of sp³-hybridized carbons (Fsp3) is 0.261. The standard InChI is InChI=1S/C23H24N2O3/c1-15(25-22(27)28-23(2,3)4)16-8-10-17(11-9-16)21(26)20-7-5-6-18-14-24-13-12-19(18)20/h5-15H,1-4H3,(H,25,27)/t15-/m1/s1. The summed E-state index contributed by atoms with van der Waals surface area (Å²) in [7, 11) is 0. The lowest BCUT2D eigenvalue weighted by molar-refractivity contribution is 0.0507. The summed E-state index contributed by atoms with van der Waals surface area (Å²) in [6.45, 7) is 7.33. The highest BCUT2D eigenvalue weighted by Crippen LogP contribution is 2.22. The highest BCUT2D eigenvalue weighted by Gasteiger charge is 2.19. The molecule has 3 aromatic rings. The number of aromatic nitrogens is 1. The Hall–Kier alpha value is -3.21. The maximum Gasteiger partial charge on any atom is 0.408 e. The first kappa shape index (κ1) is 19.5. The molecule has 1 N–H and O–H groups in total. The monoisotopic (exact) mass is 376 g/mol. The molecule has 28 heavy (non-hydrogen) atoms. The van der Waals surface area contributed by atoms with Crippen molar-refractivity contribution in [2.75, 3.05) is 0 Å². The number of fused-ring (bicyclic) bond motifs is 1. The predicted molar refractivity (Wildman–Crippen MR) is 109 cm³/mol. The Morgan fingerprint density at radius 2 is 1.75 bits per heavy atom. The van der Waals surface area contributed by atoms with Crippen LogP contribution >= 0.6 is 0 Å². The summed E-state index contributed by atoms with van der Waals surface area (Å²) in [5.41, 5.74) is 1.59. The van der Waals surface area contributed by atoms with E-state index in [9.17, 15) is 9.59 Å². The third-order valence-electron chi connectivity index (χ3n) is 4.33. The number of nitrogens with zero attached hydrogens (tertiary/aromatic N) is 1. The zero-order chi connectivity index (χ0) is 20.3. The zero-order valence-electron chi connectivity index (χ0n) is 16.5. The molecule has 0 aliphatic rings. The van der Waals surface area contributed by atoms with Crippen LogP contribution in [0.1, 0.15) is 55.2 Å². The molecule has 2 aromatic carbocycles. The minimum absolute atomic E-state index is 0.0453. The molecule has 144 valence electrons. The van der Waals surface area contributed by atoms with Crippen molar-refractivity contribution in [1.29, 1.82) is 0 Å². The fourth-order valence-corrected chi connectivity index (χ4v) is 2.97. The summed E-state index contributed by atoms with van der Waals surface area (Å²) in [5.74, 6) is -0.0453. The van der Waals surface area contributed by atoms with Gasteiger partial charge in [0.25, 0.3) is 0 Å². The summed E-state index contributed by atoms with van der Waals surface area (Å²) < 4.78 is 5.28. The Morgan fingerprint density at radius 1 is 1.04 bits per heavy atom. The Labute approximate surface area is 164 Å². The molecule has 1 aromatic heterocycles. The Balaban J connectivity index is 1.77. The highest BCUT2D eigenvalue weighted by atomic mass is 16.6. The molecule has 5 heteroatoms. The van der Waals surface area contributed by atoms with Crippen molar-refractivity contribution in [3.8, 4) is 0 Å². The number of hydrogen-bond donors (Lipinski definition) is 1. The van der Waals surface area contributed by atoms with E-state index in [1.807, 2.05) is 64.1 Å². The van der Waals surface area contributed by atoms with Crippen LogP contribution in [0.25, 0.3) is 10.8 Å². The minimum atomic E-state index is -0.548. The Kier molecular flexibility index (Phi) is 5.45. The molecule has 1 amide bonds. The second-order valence-electron chi connectivity index (χ2n) is 7.72. The fourth-order valence-electron chi connectivity index (χ4n) is 2.97. The lowest BCUT2D eigenvalue weighted by Gasteiger charge is -2.22. The molecule has 0 radical (unpaired) electrons. The molecule has 0 unspecified atom stereocenters. The molecule has 3 rings (SSSR count). The number of alkyl carbamates (subject to hydrolysis) is 1. The average molecular weight is 376 g/mol. The number of pyridine rings is 1. The SMILES string of the molecule is C[C@@H](NC(=O)OC(C)(C)C)c1ccc(C(=O)c2cccc3cnccc23)cc1. The smallest absolute Gasteiger partial charge is 0.408 e. The van der Waals surface area contributed by atoms with Crippen LogP contribution in [0.2, 0.25) is 0 Å². The van der Waals surface area contributed by atoms with Crippen LogP contribution in [0.3, 0.4) is 0 Å². The van der Waals surface area contributed by atoms with Crippen LogP contribution in [0.4, 0.5) is 4.79 Å². The van der Waals surface area contributed by atoms with Gasteiger partial charge in [-0.15, -0.1) is 0 Å². The number of carbonyl (C=O) groups is 2. The zero-order valence-corrected chi connectivity index (χ0v) is 16.5. The van der Waals surface area contributed by atoms with E-state index in [1.165, 1.54) is 0 Å². The van der Waals surface area contributed by atoms with E-state index in [1.54, 1.807) is 24.5 Å². The van der Waals surface area contributed by atoms with E-state index >= 15 is 0 Å². The number of carbonyl (C=O) groups excluding carboxylic acids is 2. The number of ketones is 1. The van der Waals surface area contributed by atoms with Gasteiger partial charge < -0.3 is 10.1 Å². The molecule has 1 heterocycles. The summed E-state index contributed by atoms with van der Waals surface area (Å²) in [4.78, 5) is 29.0. The van der Waals surface area contributed by atoms with Crippen molar-refractivity contribution in [2.45, 2.75) is 39.3 Å². The predicted octanol–water partition coefficient (Wildman–Crippen LogP) is 5.05. The van der Waals surface area contributed by atoms with Crippen LogP contribution in [0.15, 0.2) is 60.9 Å². The van der Waals surface area contributed by atoms with Gasteiger partial charge in [-0.25, -0.2) is 4.79 Å². The largest absolute Gasteiger partial charge is 0.444 e. The number of hydrogen-bond acceptors (Lipinski definition) is 4. The lowest BCUT2D eigenvalue weighted by atomic mass is 9.97. The lowest BCUT2D eigenvalue weighted by Crippen LogP contribution is -2.34. The van der Waals surface area contributed by atoms with Gasteiger partial charge in [-0.3, -0.25) is 9.78 Å². The maximum absolute atomic E-state index is 13.0. The topological polar surface area (TPSA) is 68.3 Å². The highest BCUT2D eigenvalue weighted by molar-refractivity contribution is 6.16. The molecular formula is C23H24N2O3. The van der Waals surface area contributed by atoms with Crippen LogP contribution in [-0.2, 0) is 4.74 Å². The second-order valence-corrected chi connectivity index (χ2v) is 7.72. The molecule has 0 saturated heterocycles. The second kappa shape index (κ2) is 7.80. The normalized spacial score (nSPS) is 12.4. The average Bonchev–Trinajstić information content (AvgIpc) is 2.65. The Morgan fingerprint density at radius 3 is 2.43 bits per heavy atom. The number of nitrogens with one attached hydrogen (secondary N) is 1. The van der Waals surface area contributed by atoms with Gasteiger partial charge in [0.2, 0.25) is 0 Å². The van der Waals surface area contributed by atoms with Gasteiger partial charge in [-0.1, -0.05) is 42.5 Å². The van der Waals surface area contributed by atoms with Gasteiger partial charge in [0.1, 0.15) is 5.60 Å². The molecule has 1 atom stereocenters. The van der Waals surface area contributed by atoms with Crippen LogP contribution in [0, 0.1) is 0 Å². The van der Waals surface area contributed by atoms with Gasteiger partial charge >= 0.3 is 6.09 Å². The molecule has 0 bridgehead atoms. The first-order valence-electron chi connectivity index (χ1n) is 9.21. The third-order valence-corrected chi connectivity index (χ3v) is 4.33. The quantitative estimate of drug-likeness (QED) is 0.647. The Bertz CT molecular complexity index is 999. The van der Waals surface area contributed by atoms with Crippen molar-refractivity contribution in [3.63, 3.8) is 0 Å². The van der Waals surface area contributed by atoms with E-state index < -0.39 is 11.7 Å². The van der Waals surface area contributed by atoms with Gasteiger partial charge in [-0.2, -0.15) is 0 Å². The van der Waals surface area contributed by atoms with E-state index in [0.717, 1.165) is 16.3 Å². The van der Waals surface area contributed by atoms with Crippen molar-refractivity contribution in [2.24, 2.45) is 0 Å². The number of amides is 1. The van der Waals surface area contributed by atoms with E-state index in [0.29, 0.717) is 11.1 Å². The maximum atomic E-state index is 13.0.